The Bertz CT molecular complexity index is 991. The number of hydrogen-bond acceptors (Lipinski definition) is 4. The Morgan fingerprint density at radius 3 is 2.41 bits per heavy atom. The van der Waals surface area contributed by atoms with Gasteiger partial charge < -0.3 is 10.1 Å². The lowest BCUT2D eigenvalue weighted by Crippen LogP contribution is -2.40. The van der Waals surface area contributed by atoms with Gasteiger partial charge in [0, 0.05) is 29.7 Å². The molecule has 1 heterocycles. The van der Waals surface area contributed by atoms with Crippen LogP contribution in [0.2, 0.25) is 10.0 Å². The van der Waals surface area contributed by atoms with Gasteiger partial charge in [-0.15, -0.1) is 0 Å². The summed E-state index contributed by atoms with van der Waals surface area (Å²) >= 11 is 11.9. The molecule has 29 heavy (non-hydrogen) atoms. The SMILES string of the molecule is O=C(NCCc1cc(Cl)cc(Cl)c1)c1cc(S(=O)(=O)N2CCOCC2)ccc1F. The van der Waals surface area contributed by atoms with Crippen LogP contribution < -0.4 is 5.32 Å². The molecule has 3 rings (SSSR count). The highest BCUT2D eigenvalue weighted by molar-refractivity contribution is 7.89. The largest absolute Gasteiger partial charge is 0.379 e. The number of sulfonamides is 1. The second-order valence-corrected chi connectivity index (χ2v) is 9.25. The molecule has 0 bridgehead atoms. The molecule has 0 aromatic heterocycles. The first-order valence-electron chi connectivity index (χ1n) is 8.88. The molecule has 0 atom stereocenters. The normalized spacial score (nSPS) is 15.3. The Morgan fingerprint density at radius 2 is 1.76 bits per heavy atom. The van der Waals surface area contributed by atoms with Crippen LogP contribution >= 0.6 is 23.2 Å². The Morgan fingerprint density at radius 1 is 1.10 bits per heavy atom. The minimum atomic E-state index is -3.83. The first-order chi connectivity index (χ1) is 13.8. The molecule has 1 amide bonds. The molecule has 1 aliphatic heterocycles. The van der Waals surface area contributed by atoms with Crippen LogP contribution in [0, 0.1) is 5.82 Å². The molecule has 1 saturated heterocycles. The van der Waals surface area contributed by atoms with Crippen molar-refractivity contribution in [3.05, 3.63) is 63.4 Å². The van der Waals surface area contributed by atoms with E-state index in [2.05, 4.69) is 5.32 Å². The van der Waals surface area contributed by atoms with Crippen LogP contribution in [0.3, 0.4) is 0 Å². The zero-order chi connectivity index (χ0) is 21.0. The second kappa shape index (κ2) is 9.40. The van der Waals surface area contributed by atoms with Crippen molar-refractivity contribution in [2.24, 2.45) is 0 Å². The lowest BCUT2D eigenvalue weighted by molar-refractivity contribution is 0.0730. The molecule has 0 saturated carbocycles. The molecular weight excluding hydrogens is 442 g/mol. The Balaban J connectivity index is 1.71. The van der Waals surface area contributed by atoms with Crippen molar-refractivity contribution in [1.82, 2.24) is 9.62 Å². The van der Waals surface area contributed by atoms with Gasteiger partial charge in [-0.1, -0.05) is 23.2 Å². The number of nitrogens with zero attached hydrogens (tertiary/aromatic N) is 1. The molecule has 1 fully saturated rings. The van der Waals surface area contributed by atoms with Gasteiger partial charge in [-0.2, -0.15) is 4.31 Å². The minimum absolute atomic E-state index is 0.132. The molecule has 1 aliphatic rings. The standard InChI is InChI=1S/C19H19Cl2FN2O4S/c20-14-9-13(10-15(21)11-14)3-4-23-19(25)17-12-16(1-2-18(17)22)29(26,27)24-5-7-28-8-6-24/h1-2,9-12H,3-8H2,(H,23,25). The van der Waals surface area contributed by atoms with Gasteiger partial charge in [0.1, 0.15) is 5.82 Å². The van der Waals surface area contributed by atoms with Crippen LogP contribution in [0.25, 0.3) is 0 Å². The van der Waals surface area contributed by atoms with Crippen LogP contribution in [0.5, 0.6) is 0 Å². The van der Waals surface area contributed by atoms with Gasteiger partial charge in [-0.3, -0.25) is 4.79 Å². The van der Waals surface area contributed by atoms with E-state index in [-0.39, 0.29) is 30.1 Å². The summed E-state index contributed by atoms with van der Waals surface area (Å²) in [5.41, 5.74) is 0.482. The summed E-state index contributed by atoms with van der Waals surface area (Å²) in [6.45, 7) is 1.21. The molecule has 6 nitrogen and oxygen atoms in total. The zero-order valence-corrected chi connectivity index (χ0v) is 17.7. The fourth-order valence-corrected chi connectivity index (χ4v) is 4.95. The fourth-order valence-electron chi connectivity index (χ4n) is 2.95. The average Bonchev–Trinajstić information content (AvgIpc) is 2.68. The highest BCUT2D eigenvalue weighted by Crippen LogP contribution is 2.21. The maximum absolute atomic E-state index is 14.2. The number of ether oxygens (including phenoxy) is 1. The molecule has 156 valence electrons. The van der Waals surface area contributed by atoms with Crippen molar-refractivity contribution in [1.29, 1.82) is 0 Å². The van der Waals surface area contributed by atoms with E-state index in [1.54, 1.807) is 18.2 Å². The van der Waals surface area contributed by atoms with Gasteiger partial charge in [-0.05, 0) is 48.4 Å². The maximum Gasteiger partial charge on any atom is 0.254 e. The Kier molecular flexibility index (Phi) is 7.13. The maximum atomic E-state index is 14.2. The number of morpholine rings is 1. The molecule has 0 aliphatic carbocycles. The van der Waals surface area contributed by atoms with Gasteiger partial charge in [-0.25, -0.2) is 12.8 Å². The molecule has 0 spiro atoms. The molecule has 1 N–H and O–H groups in total. The highest BCUT2D eigenvalue weighted by atomic mass is 35.5. The molecular formula is C19H19Cl2FN2O4S. The smallest absolute Gasteiger partial charge is 0.254 e. The topological polar surface area (TPSA) is 75.7 Å². The monoisotopic (exact) mass is 460 g/mol. The van der Waals surface area contributed by atoms with Crippen molar-refractivity contribution in [2.75, 3.05) is 32.8 Å². The van der Waals surface area contributed by atoms with Crippen molar-refractivity contribution in [2.45, 2.75) is 11.3 Å². The van der Waals surface area contributed by atoms with Crippen LogP contribution in [0.15, 0.2) is 41.3 Å². The summed E-state index contributed by atoms with van der Waals surface area (Å²) in [4.78, 5) is 12.3. The van der Waals surface area contributed by atoms with E-state index in [0.717, 1.165) is 23.8 Å². The van der Waals surface area contributed by atoms with Crippen molar-refractivity contribution in [3.63, 3.8) is 0 Å². The van der Waals surface area contributed by atoms with E-state index < -0.39 is 21.7 Å². The summed E-state index contributed by atoms with van der Waals surface area (Å²) in [7, 11) is -3.83. The quantitative estimate of drug-likeness (QED) is 0.718. The number of nitrogens with one attached hydrogen (secondary N) is 1. The second-order valence-electron chi connectivity index (χ2n) is 6.44. The molecule has 0 unspecified atom stereocenters. The van der Waals surface area contributed by atoms with Gasteiger partial charge >= 0.3 is 0 Å². The Hall–Kier alpha value is -1.71. The van der Waals surface area contributed by atoms with E-state index in [0.29, 0.717) is 29.7 Å². The number of hydrogen-bond donors (Lipinski definition) is 1. The van der Waals surface area contributed by atoms with Crippen molar-refractivity contribution in [3.8, 4) is 0 Å². The third-order valence-corrected chi connectivity index (χ3v) is 6.74. The van der Waals surface area contributed by atoms with Crippen molar-refractivity contribution >= 4 is 39.1 Å². The van der Waals surface area contributed by atoms with Crippen LogP contribution in [-0.4, -0.2) is 51.5 Å². The summed E-state index contributed by atoms with van der Waals surface area (Å²) in [5, 5.41) is 3.55. The van der Waals surface area contributed by atoms with Gasteiger partial charge in [0.2, 0.25) is 10.0 Å². The summed E-state index contributed by atoms with van der Waals surface area (Å²) in [5.74, 6) is -1.50. The van der Waals surface area contributed by atoms with Crippen molar-refractivity contribution < 1.29 is 22.3 Å². The van der Waals surface area contributed by atoms with E-state index >= 15 is 0 Å². The third-order valence-electron chi connectivity index (χ3n) is 4.41. The highest BCUT2D eigenvalue weighted by Gasteiger charge is 2.27. The summed E-state index contributed by atoms with van der Waals surface area (Å²) in [6.07, 6.45) is 0.430. The predicted octanol–water partition coefficient (Wildman–Crippen LogP) is 3.13. The number of amides is 1. The van der Waals surface area contributed by atoms with E-state index in [9.17, 15) is 17.6 Å². The lowest BCUT2D eigenvalue weighted by atomic mass is 10.1. The van der Waals surface area contributed by atoms with Gasteiger partial charge in [0.15, 0.2) is 0 Å². The predicted molar refractivity (Wildman–Crippen MR) is 108 cm³/mol. The number of benzene rings is 2. The molecule has 0 radical (unpaired) electrons. The minimum Gasteiger partial charge on any atom is -0.379 e. The zero-order valence-electron chi connectivity index (χ0n) is 15.3. The van der Waals surface area contributed by atoms with Crippen LogP contribution in [-0.2, 0) is 21.2 Å². The number of halogens is 3. The number of rotatable bonds is 6. The van der Waals surface area contributed by atoms with E-state index in [1.807, 2.05) is 0 Å². The molecule has 2 aromatic rings. The number of carbonyl (C=O) groups excluding carboxylic acids is 1. The average molecular weight is 461 g/mol. The van der Waals surface area contributed by atoms with Crippen LogP contribution in [0.4, 0.5) is 4.39 Å². The first-order valence-corrected chi connectivity index (χ1v) is 11.1. The first kappa shape index (κ1) is 22.0. The fraction of sp³-hybridized carbons (Fsp3) is 0.316. The third kappa shape index (κ3) is 5.46. The lowest BCUT2D eigenvalue weighted by Gasteiger charge is -2.26. The Labute approximate surface area is 178 Å². The summed E-state index contributed by atoms with van der Waals surface area (Å²) in [6, 6.07) is 8.24. The number of carbonyl (C=O) groups is 1. The molecule has 2 aromatic carbocycles. The summed E-state index contributed by atoms with van der Waals surface area (Å²) < 4.78 is 46.1. The molecule has 10 heteroatoms. The van der Waals surface area contributed by atoms with Gasteiger partial charge in [0.05, 0.1) is 23.7 Å². The van der Waals surface area contributed by atoms with Crippen LogP contribution in [0.1, 0.15) is 15.9 Å². The van der Waals surface area contributed by atoms with E-state index in [1.165, 1.54) is 4.31 Å². The van der Waals surface area contributed by atoms with Gasteiger partial charge in [0.25, 0.3) is 5.91 Å². The van der Waals surface area contributed by atoms with E-state index in [4.69, 9.17) is 27.9 Å².